The molecule has 25 heavy (non-hydrogen) atoms. The molecule has 0 radical (unpaired) electrons. The molecule has 1 N–H and O–H groups in total. The van der Waals surface area contributed by atoms with Gasteiger partial charge in [-0.15, -0.1) is 0 Å². The van der Waals surface area contributed by atoms with Gasteiger partial charge in [-0.1, -0.05) is 22.9 Å². The van der Waals surface area contributed by atoms with E-state index in [2.05, 4.69) is 25.9 Å². The van der Waals surface area contributed by atoms with E-state index in [-0.39, 0.29) is 30.3 Å². The van der Waals surface area contributed by atoms with Crippen molar-refractivity contribution >= 4 is 27.0 Å². The number of nitrogens with zero attached hydrogens (tertiary/aromatic N) is 1. The van der Waals surface area contributed by atoms with Crippen LogP contribution in [0.2, 0.25) is 0 Å². The molecule has 7 nitrogen and oxygen atoms in total. The molecule has 130 valence electrons. The molecule has 0 saturated heterocycles. The van der Waals surface area contributed by atoms with E-state index in [1.165, 1.54) is 6.07 Å². The number of hydrogen-bond acceptors (Lipinski definition) is 6. The zero-order valence-electron chi connectivity index (χ0n) is 13.4. The predicted molar refractivity (Wildman–Crippen MR) is 95.4 cm³/mol. The van der Waals surface area contributed by atoms with Crippen molar-refractivity contribution in [3.05, 3.63) is 61.1 Å². The Morgan fingerprint density at radius 3 is 2.60 bits per heavy atom. The zero-order valence-corrected chi connectivity index (χ0v) is 15.0. The molecule has 0 aliphatic rings. The van der Waals surface area contributed by atoms with Gasteiger partial charge in [0.1, 0.15) is 24.3 Å². The second kappa shape index (κ2) is 7.52. The van der Waals surface area contributed by atoms with Gasteiger partial charge in [-0.05, 0) is 36.2 Å². The van der Waals surface area contributed by atoms with E-state index >= 15 is 0 Å². The van der Waals surface area contributed by atoms with Crippen LogP contribution in [0.15, 0.2) is 48.8 Å². The first-order chi connectivity index (χ1) is 12.1. The Balaban J connectivity index is 1.70. The largest absolute Gasteiger partial charge is 0.490 e. The van der Waals surface area contributed by atoms with Crippen molar-refractivity contribution in [2.45, 2.75) is 13.3 Å². The molecular formula is C17H15BrN2O5. The molecule has 1 aromatic carbocycles. The van der Waals surface area contributed by atoms with Crippen molar-refractivity contribution in [2.75, 3.05) is 13.2 Å². The summed E-state index contributed by atoms with van der Waals surface area (Å²) in [5, 5.41) is 0.264. The first-order valence-corrected chi connectivity index (χ1v) is 8.44. The van der Waals surface area contributed by atoms with Gasteiger partial charge < -0.3 is 13.9 Å². The van der Waals surface area contributed by atoms with Gasteiger partial charge in [0.2, 0.25) is 5.71 Å². The molecule has 0 bridgehead atoms. The molecule has 0 atom stereocenters. The molecule has 0 spiro atoms. The van der Waals surface area contributed by atoms with Crippen molar-refractivity contribution in [3.63, 3.8) is 0 Å². The average molecular weight is 407 g/mol. The lowest BCUT2D eigenvalue weighted by Crippen LogP contribution is -2.17. The lowest BCUT2D eigenvalue weighted by molar-refractivity contribution is 0.205. The van der Waals surface area contributed by atoms with Crippen LogP contribution in [0.3, 0.4) is 0 Å². The topological polar surface area (TPSA) is 94.4 Å². The molecule has 2 heterocycles. The maximum atomic E-state index is 12.2. The van der Waals surface area contributed by atoms with Gasteiger partial charge in [-0.25, -0.2) is 4.79 Å². The molecule has 0 unspecified atom stereocenters. The number of nitrogens with one attached hydrogen (secondary N) is 1. The molecule has 0 aliphatic heterocycles. The van der Waals surface area contributed by atoms with E-state index < -0.39 is 11.2 Å². The van der Waals surface area contributed by atoms with E-state index in [0.717, 1.165) is 4.47 Å². The fourth-order valence-corrected chi connectivity index (χ4v) is 2.57. The number of aryl methyl sites for hydroxylation is 1. The van der Waals surface area contributed by atoms with E-state index in [1.54, 1.807) is 0 Å². The van der Waals surface area contributed by atoms with Gasteiger partial charge in [-0.2, -0.15) is 4.98 Å². The third-order valence-electron chi connectivity index (χ3n) is 3.46. The van der Waals surface area contributed by atoms with Crippen LogP contribution in [0.1, 0.15) is 12.5 Å². The molecule has 0 aliphatic carbocycles. The summed E-state index contributed by atoms with van der Waals surface area (Å²) in [6.07, 6.45) is 0.522. The second-order valence-electron chi connectivity index (χ2n) is 5.15. The number of fused-ring (bicyclic) bond motifs is 1. The van der Waals surface area contributed by atoms with Crippen LogP contribution in [0.5, 0.6) is 11.8 Å². The number of H-pyrrole nitrogens is 1. The number of aromatic nitrogens is 2. The Morgan fingerprint density at radius 1 is 1.16 bits per heavy atom. The summed E-state index contributed by atoms with van der Waals surface area (Å²) in [4.78, 5) is 30.3. The number of halogens is 1. The number of ether oxygens (including phenoxy) is 2. The highest BCUT2D eigenvalue weighted by Gasteiger charge is 2.12. The third-order valence-corrected chi connectivity index (χ3v) is 3.99. The van der Waals surface area contributed by atoms with Crippen LogP contribution < -0.4 is 20.7 Å². The molecule has 8 heteroatoms. The quantitative estimate of drug-likeness (QED) is 0.632. The fraction of sp³-hybridized carbons (Fsp3) is 0.235. The third kappa shape index (κ3) is 4.08. The molecule has 2 aromatic heterocycles. The fourth-order valence-electron chi connectivity index (χ4n) is 2.30. The lowest BCUT2D eigenvalue weighted by atomic mass is 10.1. The van der Waals surface area contributed by atoms with Crippen molar-refractivity contribution in [2.24, 2.45) is 0 Å². The highest BCUT2D eigenvalue weighted by molar-refractivity contribution is 9.10. The van der Waals surface area contributed by atoms with Gasteiger partial charge in [0, 0.05) is 10.5 Å². The summed E-state index contributed by atoms with van der Waals surface area (Å²) in [7, 11) is 0. The number of benzene rings is 1. The second-order valence-corrected chi connectivity index (χ2v) is 6.06. The van der Waals surface area contributed by atoms with Gasteiger partial charge in [0.05, 0.1) is 0 Å². The molecular weight excluding hydrogens is 392 g/mol. The van der Waals surface area contributed by atoms with Crippen LogP contribution >= 0.6 is 15.9 Å². The van der Waals surface area contributed by atoms with Crippen molar-refractivity contribution in [1.29, 1.82) is 0 Å². The highest BCUT2D eigenvalue weighted by atomic mass is 79.9. The summed E-state index contributed by atoms with van der Waals surface area (Å²) in [6, 6.07) is 8.65. The van der Waals surface area contributed by atoms with Gasteiger partial charge in [0.15, 0.2) is 0 Å². The molecule has 0 fully saturated rings. The monoisotopic (exact) mass is 406 g/mol. The molecule has 0 amide bonds. The maximum Gasteiger partial charge on any atom is 0.337 e. The summed E-state index contributed by atoms with van der Waals surface area (Å²) in [5.41, 5.74) is -0.400. The Kier molecular flexibility index (Phi) is 5.18. The normalized spacial score (nSPS) is 10.8. The Labute approximate surface area is 150 Å². The smallest absolute Gasteiger partial charge is 0.337 e. The van der Waals surface area contributed by atoms with Crippen LogP contribution in [0.4, 0.5) is 0 Å². The summed E-state index contributed by atoms with van der Waals surface area (Å²) < 4.78 is 16.9. The average Bonchev–Trinajstić information content (AvgIpc) is 2.59. The van der Waals surface area contributed by atoms with E-state index in [4.69, 9.17) is 13.9 Å². The molecule has 3 rings (SSSR count). The Hall–Kier alpha value is -2.61. The highest BCUT2D eigenvalue weighted by Crippen LogP contribution is 2.16. The van der Waals surface area contributed by atoms with Crippen LogP contribution in [-0.4, -0.2) is 23.2 Å². The van der Waals surface area contributed by atoms with Crippen LogP contribution in [-0.2, 0) is 6.42 Å². The summed E-state index contributed by atoms with van der Waals surface area (Å²) in [5.74, 6) is 0.699. The van der Waals surface area contributed by atoms with Crippen LogP contribution in [0, 0.1) is 0 Å². The number of rotatable bonds is 6. The first-order valence-electron chi connectivity index (χ1n) is 7.65. The number of aromatic amines is 1. The van der Waals surface area contributed by atoms with Crippen molar-refractivity contribution < 1.29 is 13.9 Å². The minimum Gasteiger partial charge on any atom is -0.490 e. The van der Waals surface area contributed by atoms with Gasteiger partial charge in [0.25, 0.3) is 11.6 Å². The Morgan fingerprint density at radius 2 is 1.88 bits per heavy atom. The van der Waals surface area contributed by atoms with Gasteiger partial charge >= 0.3 is 5.63 Å². The van der Waals surface area contributed by atoms with E-state index in [1.807, 2.05) is 31.2 Å². The SMILES string of the molecule is CCc1cc(=O)oc2nc(OCCOc3ccc(Br)cc3)[nH]c(=O)c12. The van der Waals surface area contributed by atoms with Crippen molar-refractivity contribution in [3.8, 4) is 11.8 Å². The standard InChI is InChI=1S/C17H15BrN2O5/c1-2-10-9-13(21)25-16-14(10)15(22)19-17(20-16)24-8-7-23-12-5-3-11(18)4-6-12/h3-6,9H,2,7-8H2,1H3,(H,19,20,22). The zero-order chi connectivity index (χ0) is 17.8. The minimum atomic E-state index is -0.549. The van der Waals surface area contributed by atoms with Crippen LogP contribution in [0.25, 0.3) is 11.1 Å². The molecule has 3 aromatic rings. The van der Waals surface area contributed by atoms with Gasteiger partial charge in [-0.3, -0.25) is 9.78 Å². The van der Waals surface area contributed by atoms with E-state index in [0.29, 0.717) is 17.7 Å². The number of hydrogen-bond donors (Lipinski definition) is 1. The lowest BCUT2D eigenvalue weighted by Gasteiger charge is -2.08. The Bertz CT molecular complexity index is 995. The summed E-state index contributed by atoms with van der Waals surface area (Å²) in [6.45, 7) is 2.28. The maximum absolute atomic E-state index is 12.2. The van der Waals surface area contributed by atoms with Crippen molar-refractivity contribution in [1.82, 2.24) is 9.97 Å². The van der Waals surface area contributed by atoms with E-state index in [9.17, 15) is 9.59 Å². The first kappa shape index (κ1) is 17.2. The predicted octanol–water partition coefficient (Wildman–Crippen LogP) is 2.66. The summed E-state index contributed by atoms with van der Waals surface area (Å²) >= 11 is 3.35. The minimum absolute atomic E-state index is 0.0201. The molecule has 0 saturated carbocycles.